The van der Waals surface area contributed by atoms with E-state index in [2.05, 4.69) is 10.3 Å². The Hall–Kier alpha value is -1.54. The molecule has 0 radical (unpaired) electrons. The van der Waals surface area contributed by atoms with E-state index in [-0.39, 0.29) is 6.54 Å². The largest absolute Gasteiger partial charge is 0.416 e. The van der Waals surface area contributed by atoms with Crippen LogP contribution in [0.25, 0.3) is 0 Å². The van der Waals surface area contributed by atoms with Crippen LogP contribution < -0.4 is 16.0 Å². The number of hydrogen-bond donors (Lipinski definition) is 2. The second-order valence-corrected chi connectivity index (χ2v) is 7.85. The van der Waals surface area contributed by atoms with Crippen LogP contribution in [0, 0.1) is 12.8 Å². The summed E-state index contributed by atoms with van der Waals surface area (Å²) in [5, 5.41) is 3.44. The van der Waals surface area contributed by atoms with Gasteiger partial charge in [-0.3, -0.25) is 0 Å². The predicted octanol–water partition coefficient (Wildman–Crippen LogP) is 3.48. The van der Waals surface area contributed by atoms with Crippen LogP contribution in [-0.2, 0) is 4.74 Å². The molecule has 1 aliphatic heterocycles. The summed E-state index contributed by atoms with van der Waals surface area (Å²) in [5.74, 6) is 1.17. The highest BCUT2D eigenvalue weighted by Gasteiger charge is 2.45. The molecule has 1 aromatic heterocycles. The Balaban J connectivity index is 1.62. The molecule has 2 fully saturated rings. The van der Waals surface area contributed by atoms with Crippen molar-refractivity contribution in [3.63, 3.8) is 0 Å². The number of aromatic nitrogens is 1. The quantitative estimate of drug-likeness (QED) is 0.830. The van der Waals surface area contributed by atoms with Crippen molar-refractivity contribution in [2.24, 2.45) is 11.7 Å². The van der Waals surface area contributed by atoms with Crippen molar-refractivity contribution in [3.05, 3.63) is 17.8 Å². The monoisotopic (exact) mass is 386 g/mol. The average molecular weight is 386 g/mol. The third kappa shape index (κ3) is 5.25. The maximum atomic E-state index is 13.1. The second-order valence-electron chi connectivity index (χ2n) is 7.85. The molecule has 5 nitrogen and oxygen atoms in total. The van der Waals surface area contributed by atoms with Gasteiger partial charge in [0.15, 0.2) is 6.10 Å². The molecule has 1 aromatic rings. The van der Waals surface area contributed by atoms with Crippen LogP contribution in [0.15, 0.2) is 12.1 Å². The van der Waals surface area contributed by atoms with E-state index in [1.807, 2.05) is 13.0 Å². The van der Waals surface area contributed by atoms with Gasteiger partial charge in [0.25, 0.3) is 0 Å². The summed E-state index contributed by atoms with van der Waals surface area (Å²) in [6.07, 6.45) is -2.25. The molecule has 0 spiro atoms. The molecule has 1 saturated carbocycles. The number of pyridine rings is 1. The third-order valence-corrected chi connectivity index (χ3v) is 5.49. The Morgan fingerprint density at radius 1 is 1.22 bits per heavy atom. The van der Waals surface area contributed by atoms with Crippen LogP contribution in [0.3, 0.4) is 0 Å². The fourth-order valence-corrected chi connectivity index (χ4v) is 3.88. The van der Waals surface area contributed by atoms with Crippen molar-refractivity contribution in [2.45, 2.75) is 64.0 Å². The molecule has 8 heteroatoms. The molecule has 1 saturated heterocycles. The first-order valence-electron chi connectivity index (χ1n) is 9.66. The number of anilines is 2. The van der Waals surface area contributed by atoms with Gasteiger partial charge in [0.2, 0.25) is 0 Å². The van der Waals surface area contributed by atoms with Crippen molar-refractivity contribution in [1.29, 1.82) is 0 Å². The van der Waals surface area contributed by atoms with Gasteiger partial charge in [0.1, 0.15) is 5.82 Å². The van der Waals surface area contributed by atoms with E-state index in [0.717, 1.165) is 43.6 Å². The van der Waals surface area contributed by atoms with Crippen LogP contribution in [0.5, 0.6) is 0 Å². The molecule has 27 heavy (non-hydrogen) atoms. The minimum atomic E-state index is -4.37. The first-order valence-corrected chi connectivity index (χ1v) is 9.66. The fourth-order valence-electron chi connectivity index (χ4n) is 3.88. The zero-order chi connectivity index (χ0) is 19.6. The second kappa shape index (κ2) is 8.22. The van der Waals surface area contributed by atoms with Crippen LogP contribution in [0.2, 0.25) is 0 Å². The minimum Gasteiger partial charge on any atom is -0.383 e. The summed E-state index contributed by atoms with van der Waals surface area (Å²) in [7, 11) is 0. The lowest BCUT2D eigenvalue weighted by atomic mass is 9.86. The predicted molar refractivity (Wildman–Crippen MR) is 100 cm³/mol. The Labute approximate surface area is 158 Å². The van der Waals surface area contributed by atoms with Crippen LogP contribution in [-0.4, -0.2) is 49.0 Å². The van der Waals surface area contributed by atoms with Crippen LogP contribution in [0.4, 0.5) is 24.7 Å². The van der Waals surface area contributed by atoms with E-state index in [9.17, 15) is 13.2 Å². The first kappa shape index (κ1) is 20.2. The number of hydrogen-bond acceptors (Lipinski definition) is 5. The standard InChI is InChI=1S/C19H29F3N4O/c1-12-10-26(11-17(27-12)19(20,21)22)18-8-7-16(13(2)25-18)24-9-14-3-5-15(23)6-4-14/h7-8,12,14-15,17,24H,3-6,9-11,23H2,1-2H3/t12?,14-,15+,17?. The third-order valence-electron chi connectivity index (χ3n) is 5.49. The summed E-state index contributed by atoms with van der Waals surface area (Å²) in [5.41, 5.74) is 7.67. The Morgan fingerprint density at radius 2 is 1.93 bits per heavy atom. The lowest BCUT2D eigenvalue weighted by Gasteiger charge is -2.38. The molecule has 0 amide bonds. The van der Waals surface area contributed by atoms with Gasteiger partial charge >= 0.3 is 6.18 Å². The average Bonchev–Trinajstić information content (AvgIpc) is 2.61. The molecular formula is C19H29F3N4O. The zero-order valence-corrected chi connectivity index (χ0v) is 15.9. The summed E-state index contributed by atoms with van der Waals surface area (Å²) >= 11 is 0. The summed E-state index contributed by atoms with van der Waals surface area (Å²) < 4.78 is 44.2. The topological polar surface area (TPSA) is 63.4 Å². The van der Waals surface area contributed by atoms with Gasteiger partial charge in [-0.2, -0.15) is 13.2 Å². The van der Waals surface area contributed by atoms with Gasteiger partial charge < -0.3 is 20.7 Å². The van der Waals surface area contributed by atoms with Crippen molar-refractivity contribution >= 4 is 11.5 Å². The number of nitrogens with two attached hydrogens (primary N) is 1. The highest BCUT2D eigenvalue weighted by Crippen LogP contribution is 2.30. The maximum absolute atomic E-state index is 13.1. The van der Waals surface area contributed by atoms with Gasteiger partial charge in [0.05, 0.1) is 24.0 Å². The number of halogens is 3. The number of rotatable bonds is 4. The lowest BCUT2D eigenvalue weighted by molar-refractivity contribution is -0.233. The van der Waals surface area contributed by atoms with Crippen LogP contribution in [0.1, 0.15) is 38.3 Å². The number of nitrogens with zero attached hydrogens (tertiary/aromatic N) is 2. The molecule has 3 N–H and O–H groups in total. The molecule has 2 atom stereocenters. The molecular weight excluding hydrogens is 357 g/mol. The molecule has 0 aromatic carbocycles. The van der Waals surface area contributed by atoms with Gasteiger partial charge in [-0.15, -0.1) is 0 Å². The SMILES string of the molecule is Cc1nc(N2CC(C)OC(C(F)(F)F)C2)ccc1NC[C@H]1CC[C@@H](N)CC1. The zero-order valence-electron chi connectivity index (χ0n) is 15.9. The van der Waals surface area contributed by atoms with E-state index in [1.165, 1.54) is 0 Å². The molecule has 2 unspecified atom stereocenters. The number of aryl methyl sites for hydroxylation is 1. The highest BCUT2D eigenvalue weighted by atomic mass is 19.4. The molecule has 152 valence electrons. The normalized spacial score (nSPS) is 29.6. The van der Waals surface area contributed by atoms with Crippen molar-refractivity contribution in [2.75, 3.05) is 29.9 Å². The van der Waals surface area contributed by atoms with Gasteiger partial charge in [0, 0.05) is 19.1 Å². The molecule has 2 aliphatic rings. The molecule has 1 aliphatic carbocycles. The van der Waals surface area contributed by atoms with E-state index in [0.29, 0.717) is 24.3 Å². The highest BCUT2D eigenvalue weighted by molar-refractivity contribution is 5.54. The Kier molecular flexibility index (Phi) is 6.15. The van der Waals surface area contributed by atoms with E-state index >= 15 is 0 Å². The minimum absolute atomic E-state index is 0.227. The smallest absolute Gasteiger partial charge is 0.383 e. The van der Waals surface area contributed by atoms with Gasteiger partial charge in [-0.05, 0) is 57.6 Å². The number of nitrogens with one attached hydrogen (secondary N) is 1. The number of morpholine rings is 1. The molecule has 0 bridgehead atoms. The number of alkyl halides is 3. The summed E-state index contributed by atoms with van der Waals surface area (Å²) in [6.45, 7) is 4.58. The number of ether oxygens (including phenoxy) is 1. The molecule has 3 rings (SSSR count). The molecule has 2 heterocycles. The fraction of sp³-hybridized carbons (Fsp3) is 0.737. The van der Waals surface area contributed by atoms with Crippen molar-refractivity contribution in [1.82, 2.24) is 4.98 Å². The van der Waals surface area contributed by atoms with Crippen molar-refractivity contribution in [3.8, 4) is 0 Å². The van der Waals surface area contributed by atoms with E-state index in [1.54, 1.807) is 17.9 Å². The first-order chi connectivity index (χ1) is 12.7. The van der Waals surface area contributed by atoms with E-state index < -0.39 is 18.4 Å². The summed E-state index contributed by atoms with van der Waals surface area (Å²) in [4.78, 5) is 6.20. The van der Waals surface area contributed by atoms with Crippen LogP contribution >= 0.6 is 0 Å². The Bertz CT molecular complexity index is 632. The summed E-state index contributed by atoms with van der Waals surface area (Å²) in [6, 6.07) is 4.03. The lowest BCUT2D eigenvalue weighted by Crippen LogP contribution is -2.52. The Morgan fingerprint density at radius 3 is 2.56 bits per heavy atom. The maximum Gasteiger partial charge on any atom is 0.416 e. The van der Waals surface area contributed by atoms with Gasteiger partial charge in [-0.25, -0.2) is 4.98 Å². The van der Waals surface area contributed by atoms with E-state index in [4.69, 9.17) is 10.5 Å². The van der Waals surface area contributed by atoms with Gasteiger partial charge in [-0.1, -0.05) is 0 Å². The van der Waals surface area contributed by atoms with Crippen molar-refractivity contribution < 1.29 is 17.9 Å².